The first-order valence-corrected chi connectivity index (χ1v) is 3.23. The van der Waals surface area contributed by atoms with E-state index in [1.807, 2.05) is 19.1 Å². The zero-order valence-electron chi connectivity index (χ0n) is 5.58. The fourth-order valence-corrected chi connectivity index (χ4v) is 0.870. The van der Waals surface area contributed by atoms with E-state index >= 15 is 0 Å². The molecule has 0 amide bonds. The Morgan fingerprint density at radius 2 is 2.67 bits per heavy atom. The Morgan fingerprint density at radius 3 is 3.11 bits per heavy atom. The molecular weight excluding hydrogens is 116 g/mol. The largest absolute Gasteiger partial charge is 0.396 e. The lowest BCUT2D eigenvalue weighted by Gasteiger charge is -2.13. The molecule has 1 aliphatic rings. The van der Waals surface area contributed by atoms with Crippen molar-refractivity contribution in [2.75, 3.05) is 13.2 Å². The van der Waals surface area contributed by atoms with Crippen molar-refractivity contribution < 1.29 is 9.84 Å². The van der Waals surface area contributed by atoms with Crippen LogP contribution in [0.25, 0.3) is 0 Å². The molecule has 52 valence electrons. The molecule has 0 fully saturated rings. The Balaban J connectivity index is 2.33. The Labute approximate surface area is 55.1 Å². The number of ether oxygens (including phenoxy) is 1. The topological polar surface area (TPSA) is 29.5 Å². The first-order chi connectivity index (χ1) is 4.34. The fourth-order valence-electron chi connectivity index (χ4n) is 0.870. The van der Waals surface area contributed by atoms with Gasteiger partial charge in [0.25, 0.3) is 0 Å². The fraction of sp³-hybridized carbons (Fsp3) is 0.714. The molecule has 0 aromatic carbocycles. The van der Waals surface area contributed by atoms with Gasteiger partial charge in [0.1, 0.15) is 0 Å². The first kappa shape index (κ1) is 6.78. The summed E-state index contributed by atoms with van der Waals surface area (Å²) in [5.41, 5.74) is 0. The van der Waals surface area contributed by atoms with Crippen LogP contribution < -0.4 is 0 Å². The maximum absolute atomic E-state index is 8.68. The van der Waals surface area contributed by atoms with Crippen LogP contribution in [0.15, 0.2) is 12.2 Å². The summed E-state index contributed by atoms with van der Waals surface area (Å²) >= 11 is 0. The highest BCUT2D eigenvalue weighted by molar-refractivity contribution is 4.97. The summed E-state index contributed by atoms with van der Waals surface area (Å²) in [6, 6.07) is 0. The van der Waals surface area contributed by atoms with Crippen molar-refractivity contribution in [3.63, 3.8) is 0 Å². The lowest BCUT2D eigenvalue weighted by molar-refractivity contribution is 0.0604. The summed E-state index contributed by atoms with van der Waals surface area (Å²) in [5, 5.41) is 8.68. The molecule has 0 unspecified atom stereocenters. The highest BCUT2D eigenvalue weighted by Gasteiger charge is 2.16. The van der Waals surface area contributed by atoms with E-state index in [1.54, 1.807) is 0 Å². The van der Waals surface area contributed by atoms with Crippen LogP contribution in [0, 0.1) is 5.92 Å². The molecule has 2 heteroatoms. The van der Waals surface area contributed by atoms with Crippen molar-refractivity contribution in [1.29, 1.82) is 0 Å². The van der Waals surface area contributed by atoms with E-state index in [9.17, 15) is 0 Å². The zero-order chi connectivity index (χ0) is 6.69. The molecule has 0 radical (unpaired) electrons. The molecule has 0 aromatic rings. The number of aliphatic hydroxyl groups is 1. The Hall–Kier alpha value is -0.340. The van der Waals surface area contributed by atoms with Crippen LogP contribution in [0.5, 0.6) is 0 Å². The van der Waals surface area contributed by atoms with E-state index < -0.39 is 0 Å². The van der Waals surface area contributed by atoms with Crippen LogP contribution >= 0.6 is 0 Å². The second-order valence-electron chi connectivity index (χ2n) is 2.39. The van der Waals surface area contributed by atoms with Crippen molar-refractivity contribution in [2.24, 2.45) is 5.92 Å². The Morgan fingerprint density at radius 1 is 1.89 bits per heavy atom. The van der Waals surface area contributed by atoms with E-state index in [4.69, 9.17) is 9.84 Å². The van der Waals surface area contributed by atoms with Gasteiger partial charge in [-0.05, 0) is 0 Å². The van der Waals surface area contributed by atoms with Gasteiger partial charge in [0.15, 0.2) is 0 Å². The highest BCUT2D eigenvalue weighted by Crippen LogP contribution is 2.12. The summed E-state index contributed by atoms with van der Waals surface area (Å²) in [4.78, 5) is 0. The molecule has 1 aliphatic heterocycles. The minimum Gasteiger partial charge on any atom is -0.396 e. The summed E-state index contributed by atoms with van der Waals surface area (Å²) in [7, 11) is 0. The van der Waals surface area contributed by atoms with E-state index in [2.05, 4.69) is 0 Å². The van der Waals surface area contributed by atoms with Crippen LogP contribution in [0.4, 0.5) is 0 Å². The standard InChI is InChI=1S/C7H12O2/c1-6(5-8)7-3-2-4-9-7/h2-3,6-8H,4-5H2,1H3/t6-,7+/m1/s1. The normalized spacial score (nSPS) is 28.9. The summed E-state index contributed by atoms with van der Waals surface area (Å²) < 4.78 is 5.23. The second kappa shape index (κ2) is 2.99. The summed E-state index contributed by atoms with van der Waals surface area (Å²) in [5.74, 6) is 0.240. The van der Waals surface area contributed by atoms with Gasteiger partial charge in [-0.2, -0.15) is 0 Å². The monoisotopic (exact) mass is 128 g/mol. The first-order valence-electron chi connectivity index (χ1n) is 3.23. The maximum Gasteiger partial charge on any atom is 0.0808 e. The number of aliphatic hydroxyl groups excluding tert-OH is 1. The SMILES string of the molecule is C[C@H](CO)[C@@H]1C=CCO1. The van der Waals surface area contributed by atoms with Gasteiger partial charge < -0.3 is 9.84 Å². The minimum atomic E-state index is 0.148. The number of rotatable bonds is 2. The van der Waals surface area contributed by atoms with Gasteiger partial charge in [0, 0.05) is 12.5 Å². The molecule has 9 heavy (non-hydrogen) atoms. The molecule has 1 rings (SSSR count). The Bertz CT molecular complexity index is 109. The van der Waals surface area contributed by atoms with E-state index in [-0.39, 0.29) is 18.6 Å². The van der Waals surface area contributed by atoms with Gasteiger partial charge >= 0.3 is 0 Å². The van der Waals surface area contributed by atoms with Gasteiger partial charge in [-0.3, -0.25) is 0 Å². The Kier molecular flexibility index (Phi) is 2.25. The molecule has 0 saturated heterocycles. The van der Waals surface area contributed by atoms with Gasteiger partial charge in [-0.25, -0.2) is 0 Å². The molecule has 2 nitrogen and oxygen atoms in total. The molecule has 0 bridgehead atoms. The predicted octanol–water partition coefficient (Wildman–Crippen LogP) is 0.570. The van der Waals surface area contributed by atoms with Crippen LogP contribution in [0.1, 0.15) is 6.92 Å². The smallest absolute Gasteiger partial charge is 0.0808 e. The quantitative estimate of drug-likeness (QED) is 0.551. The summed E-state index contributed by atoms with van der Waals surface area (Å²) in [6.07, 6.45) is 4.13. The van der Waals surface area contributed by atoms with Crippen LogP contribution in [-0.2, 0) is 4.74 Å². The van der Waals surface area contributed by atoms with Crippen LogP contribution in [-0.4, -0.2) is 24.4 Å². The third-order valence-corrected chi connectivity index (χ3v) is 1.56. The van der Waals surface area contributed by atoms with Crippen molar-refractivity contribution in [1.82, 2.24) is 0 Å². The van der Waals surface area contributed by atoms with E-state index in [1.165, 1.54) is 0 Å². The van der Waals surface area contributed by atoms with Crippen molar-refractivity contribution >= 4 is 0 Å². The second-order valence-corrected chi connectivity index (χ2v) is 2.39. The van der Waals surface area contributed by atoms with Gasteiger partial charge in [-0.1, -0.05) is 19.1 Å². The third-order valence-electron chi connectivity index (χ3n) is 1.56. The summed E-state index contributed by atoms with van der Waals surface area (Å²) in [6.45, 7) is 2.88. The third kappa shape index (κ3) is 1.53. The van der Waals surface area contributed by atoms with Gasteiger partial charge in [-0.15, -0.1) is 0 Å². The molecule has 1 heterocycles. The minimum absolute atomic E-state index is 0.148. The average molecular weight is 128 g/mol. The van der Waals surface area contributed by atoms with E-state index in [0.29, 0.717) is 6.61 Å². The van der Waals surface area contributed by atoms with Crippen molar-refractivity contribution in [2.45, 2.75) is 13.0 Å². The predicted molar refractivity (Wildman–Crippen MR) is 35.1 cm³/mol. The van der Waals surface area contributed by atoms with Crippen molar-refractivity contribution in [3.05, 3.63) is 12.2 Å². The van der Waals surface area contributed by atoms with Gasteiger partial charge in [0.05, 0.1) is 12.7 Å². The molecular formula is C7H12O2. The lowest BCUT2D eigenvalue weighted by atomic mass is 10.1. The average Bonchev–Trinajstić information content (AvgIpc) is 2.37. The number of hydrogen-bond acceptors (Lipinski definition) is 2. The van der Waals surface area contributed by atoms with Crippen LogP contribution in [0.3, 0.4) is 0 Å². The highest BCUT2D eigenvalue weighted by atomic mass is 16.5. The zero-order valence-corrected chi connectivity index (χ0v) is 5.58. The molecule has 0 aliphatic carbocycles. The lowest BCUT2D eigenvalue weighted by Crippen LogP contribution is -2.19. The maximum atomic E-state index is 8.68. The van der Waals surface area contributed by atoms with Crippen LogP contribution in [0.2, 0.25) is 0 Å². The molecule has 0 spiro atoms. The van der Waals surface area contributed by atoms with Gasteiger partial charge in [0.2, 0.25) is 0 Å². The van der Waals surface area contributed by atoms with Crippen molar-refractivity contribution in [3.8, 4) is 0 Å². The molecule has 0 saturated carbocycles. The molecule has 2 atom stereocenters. The van der Waals surface area contributed by atoms with E-state index in [0.717, 1.165) is 0 Å². The molecule has 1 N–H and O–H groups in total. The molecule has 0 aromatic heterocycles. The number of hydrogen-bond donors (Lipinski definition) is 1.